The van der Waals surface area contributed by atoms with Crippen molar-refractivity contribution in [2.24, 2.45) is 0 Å². The van der Waals surface area contributed by atoms with Crippen LogP contribution in [-0.2, 0) is 21.9 Å². The smallest absolute Gasteiger partial charge is 0.243 e. The van der Waals surface area contributed by atoms with E-state index in [1.165, 1.54) is 23.9 Å². The van der Waals surface area contributed by atoms with Gasteiger partial charge in [-0.15, -0.1) is 11.8 Å². The van der Waals surface area contributed by atoms with Gasteiger partial charge in [0, 0.05) is 22.8 Å². The molecule has 7 heteroatoms. The van der Waals surface area contributed by atoms with Gasteiger partial charge in [0.15, 0.2) is 0 Å². The summed E-state index contributed by atoms with van der Waals surface area (Å²) in [6.45, 7) is 5.95. The molecule has 0 saturated heterocycles. The maximum absolute atomic E-state index is 13.3. The van der Waals surface area contributed by atoms with E-state index in [1.807, 2.05) is 45.0 Å². The average Bonchev–Trinajstić information content (AvgIpc) is 2.70. The molecule has 162 valence electrons. The highest BCUT2D eigenvalue weighted by atomic mass is 79.9. The second-order valence-corrected chi connectivity index (χ2v) is 9.26. The van der Waals surface area contributed by atoms with Crippen LogP contribution in [0, 0.1) is 5.82 Å². The van der Waals surface area contributed by atoms with Crippen LogP contribution < -0.4 is 5.32 Å². The largest absolute Gasteiger partial charge is 0.352 e. The third-order valence-corrected chi connectivity index (χ3v) is 6.01. The number of benzene rings is 2. The molecule has 0 aliphatic rings. The zero-order chi connectivity index (χ0) is 22.1. The Bertz CT molecular complexity index is 828. The summed E-state index contributed by atoms with van der Waals surface area (Å²) in [6, 6.07) is 13.4. The van der Waals surface area contributed by atoms with Crippen LogP contribution in [-0.4, -0.2) is 34.6 Å². The molecule has 0 heterocycles. The number of thioether (sulfide) groups is 1. The summed E-state index contributed by atoms with van der Waals surface area (Å²) < 4.78 is 14.3. The van der Waals surface area contributed by atoms with Crippen molar-refractivity contribution < 1.29 is 14.0 Å². The van der Waals surface area contributed by atoms with Gasteiger partial charge in [0.2, 0.25) is 11.8 Å². The van der Waals surface area contributed by atoms with E-state index < -0.39 is 6.04 Å². The summed E-state index contributed by atoms with van der Waals surface area (Å²) in [5.74, 6) is 0.375. The molecule has 30 heavy (non-hydrogen) atoms. The van der Waals surface area contributed by atoms with Gasteiger partial charge in [-0.25, -0.2) is 4.39 Å². The predicted molar refractivity (Wildman–Crippen MR) is 125 cm³/mol. The van der Waals surface area contributed by atoms with Crippen molar-refractivity contribution in [1.82, 2.24) is 10.2 Å². The fraction of sp³-hybridized carbons (Fsp3) is 0.391. The number of amides is 2. The van der Waals surface area contributed by atoms with Crippen LogP contribution >= 0.6 is 27.7 Å². The fourth-order valence-electron chi connectivity index (χ4n) is 3.01. The quantitative estimate of drug-likeness (QED) is 0.496. The van der Waals surface area contributed by atoms with Crippen molar-refractivity contribution in [3.8, 4) is 0 Å². The number of nitrogens with zero attached hydrogens (tertiary/aromatic N) is 1. The first-order valence-corrected chi connectivity index (χ1v) is 11.9. The summed E-state index contributed by atoms with van der Waals surface area (Å²) in [6.07, 6.45) is 0.503. The summed E-state index contributed by atoms with van der Waals surface area (Å²) in [5.41, 5.74) is 1.92. The first-order valence-electron chi connectivity index (χ1n) is 9.96. The Morgan fingerprint density at radius 2 is 1.67 bits per heavy atom. The Morgan fingerprint density at radius 3 is 2.23 bits per heavy atom. The van der Waals surface area contributed by atoms with Gasteiger partial charge in [-0.1, -0.05) is 47.1 Å². The molecule has 0 spiro atoms. The minimum atomic E-state index is -0.571. The van der Waals surface area contributed by atoms with E-state index >= 15 is 0 Å². The molecule has 2 amide bonds. The van der Waals surface area contributed by atoms with Crippen LogP contribution in [0.25, 0.3) is 0 Å². The van der Waals surface area contributed by atoms with Crippen LogP contribution in [0.15, 0.2) is 53.0 Å². The number of carbonyl (C=O) groups is 2. The van der Waals surface area contributed by atoms with Crippen molar-refractivity contribution in [3.05, 3.63) is 69.9 Å². The Balaban J connectivity index is 2.11. The van der Waals surface area contributed by atoms with Gasteiger partial charge in [0.05, 0.1) is 5.75 Å². The van der Waals surface area contributed by atoms with Crippen molar-refractivity contribution in [2.45, 2.75) is 51.6 Å². The van der Waals surface area contributed by atoms with E-state index in [4.69, 9.17) is 0 Å². The maximum Gasteiger partial charge on any atom is 0.243 e. The first-order chi connectivity index (χ1) is 14.3. The van der Waals surface area contributed by atoms with Crippen molar-refractivity contribution >= 4 is 39.5 Å². The average molecular weight is 495 g/mol. The third kappa shape index (κ3) is 7.76. The molecule has 0 aliphatic heterocycles. The Labute approximate surface area is 190 Å². The van der Waals surface area contributed by atoms with Gasteiger partial charge >= 0.3 is 0 Å². The SMILES string of the molecule is CC[C@H](C(=O)NC(C)C)N(Cc1ccc(F)cc1)C(=O)CSCc1ccc(Br)cc1. The van der Waals surface area contributed by atoms with E-state index in [-0.39, 0.29) is 36.0 Å². The van der Waals surface area contributed by atoms with Crippen molar-refractivity contribution in [3.63, 3.8) is 0 Å². The molecular weight excluding hydrogens is 467 g/mol. The zero-order valence-corrected chi connectivity index (χ0v) is 19.9. The van der Waals surface area contributed by atoms with E-state index in [0.717, 1.165) is 15.6 Å². The highest BCUT2D eigenvalue weighted by molar-refractivity contribution is 9.10. The molecule has 2 aromatic carbocycles. The normalized spacial score (nSPS) is 11.9. The minimum absolute atomic E-state index is 0.0129. The molecule has 1 atom stereocenters. The molecule has 0 bridgehead atoms. The number of nitrogens with one attached hydrogen (secondary N) is 1. The topological polar surface area (TPSA) is 49.4 Å². The van der Waals surface area contributed by atoms with E-state index in [9.17, 15) is 14.0 Å². The van der Waals surface area contributed by atoms with Crippen molar-refractivity contribution in [2.75, 3.05) is 5.75 Å². The standard InChI is InChI=1S/C23H28BrFN2O2S/c1-4-21(23(29)26-16(2)3)27(13-17-7-11-20(25)12-8-17)22(28)15-30-14-18-5-9-19(24)10-6-18/h5-12,16,21H,4,13-15H2,1-3H3,(H,26,29)/t21-/m1/s1. The highest BCUT2D eigenvalue weighted by Gasteiger charge is 2.28. The van der Waals surface area contributed by atoms with Crippen LogP contribution in [0.5, 0.6) is 0 Å². The van der Waals surface area contributed by atoms with Crippen LogP contribution in [0.3, 0.4) is 0 Å². The monoisotopic (exact) mass is 494 g/mol. The molecule has 0 unspecified atom stereocenters. The van der Waals surface area contributed by atoms with E-state index in [0.29, 0.717) is 12.2 Å². The van der Waals surface area contributed by atoms with Gasteiger partial charge in [0.1, 0.15) is 11.9 Å². The van der Waals surface area contributed by atoms with Gasteiger partial charge < -0.3 is 10.2 Å². The molecule has 2 rings (SSSR count). The molecule has 4 nitrogen and oxygen atoms in total. The second-order valence-electron chi connectivity index (χ2n) is 7.35. The van der Waals surface area contributed by atoms with Gasteiger partial charge in [-0.2, -0.15) is 0 Å². The maximum atomic E-state index is 13.3. The number of rotatable bonds is 10. The molecule has 2 aromatic rings. The number of hydrogen-bond acceptors (Lipinski definition) is 3. The number of hydrogen-bond donors (Lipinski definition) is 1. The lowest BCUT2D eigenvalue weighted by Crippen LogP contribution is -2.50. The van der Waals surface area contributed by atoms with Crippen molar-refractivity contribution in [1.29, 1.82) is 0 Å². The Kier molecular flexibility index (Phi) is 9.85. The van der Waals surface area contributed by atoms with Gasteiger partial charge in [-0.05, 0) is 55.7 Å². The summed E-state index contributed by atoms with van der Waals surface area (Å²) in [7, 11) is 0. The molecule has 0 saturated carbocycles. The number of carbonyl (C=O) groups excluding carboxylic acids is 2. The molecule has 0 fully saturated rings. The van der Waals surface area contributed by atoms with Gasteiger partial charge in [-0.3, -0.25) is 9.59 Å². The zero-order valence-electron chi connectivity index (χ0n) is 17.5. The lowest BCUT2D eigenvalue weighted by atomic mass is 10.1. The Hall–Kier alpha value is -1.86. The molecule has 0 aliphatic carbocycles. The molecular formula is C23H28BrFN2O2S. The molecule has 0 aromatic heterocycles. The first kappa shape index (κ1) is 24.4. The second kappa shape index (κ2) is 12.1. The highest BCUT2D eigenvalue weighted by Crippen LogP contribution is 2.19. The Morgan fingerprint density at radius 1 is 1.07 bits per heavy atom. The summed E-state index contributed by atoms with van der Waals surface area (Å²) in [4.78, 5) is 27.4. The lowest BCUT2D eigenvalue weighted by Gasteiger charge is -2.31. The predicted octanol–water partition coefficient (Wildman–Crippen LogP) is 5.15. The van der Waals surface area contributed by atoms with E-state index in [1.54, 1.807) is 17.0 Å². The third-order valence-electron chi connectivity index (χ3n) is 4.49. The van der Waals surface area contributed by atoms with Crippen LogP contribution in [0.2, 0.25) is 0 Å². The van der Waals surface area contributed by atoms with Gasteiger partial charge in [0.25, 0.3) is 0 Å². The van der Waals surface area contributed by atoms with E-state index in [2.05, 4.69) is 21.2 Å². The molecule has 1 N–H and O–H groups in total. The number of halogens is 2. The lowest BCUT2D eigenvalue weighted by molar-refractivity contribution is -0.139. The summed E-state index contributed by atoms with van der Waals surface area (Å²) in [5, 5.41) is 2.91. The summed E-state index contributed by atoms with van der Waals surface area (Å²) >= 11 is 4.93. The van der Waals surface area contributed by atoms with Crippen LogP contribution in [0.4, 0.5) is 4.39 Å². The minimum Gasteiger partial charge on any atom is -0.352 e. The van der Waals surface area contributed by atoms with Crippen LogP contribution in [0.1, 0.15) is 38.3 Å². The fourth-order valence-corrected chi connectivity index (χ4v) is 4.14. The molecule has 0 radical (unpaired) electrons.